The fourth-order valence-electron chi connectivity index (χ4n) is 4.53. The summed E-state index contributed by atoms with van der Waals surface area (Å²) < 4.78 is 5.35. The number of rotatable bonds is 3. The van der Waals surface area contributed by atoms with Crippen molar-refractivity contribution in [3.05, 3.63) is 89.9 Å². The first-order chi connectivity index (χ1) is 15.2. The molecule has 2 aliphatic rings. The highest BCUT2D eigenvalue weighted by molar-refractivity contribution is 5.96. The van der Waals surface area contributed by atoms with Crippen LogP contribution in [-0.4, -0.2) is 53.8 Å². The van der Waals surface area contributed by atoms with E-state index in [9.17, 15) is 9.59 Å². The van der Waals surface area contributed by atoms with Crippen molar-refractivity contribution in [3.63, 3.8) is 0 Å². The molecule has 0 N–H and O–H groups in total. The van der Waals surface area contributed by atoms with Crippen molar-refractivity contribution >= 4 is 17.5 Å². The fraction of sp³-hybridized carbons (Fsp3) is 0.280. The number of carbonyl (C=O) groups excluding carboxylic acids is 2. The van der Waals surface area contributed by atoms with Crippen LogP contribution in [0.1, 0.15) is 21.7 Å². The van der Waals surface area contributed by atoms with Crippen LogP contribution in [-0.2, 0) is 17.8 Å². The third-order valence-corrected chi connectivity index (χ3v) is 6.24. The number of carbonyl (C=O) groups is 2. The lowest BCUT2D eigenvalue weighted by Gasteiger charge is -2.41. The number of anilines is 1. The lowest BCUT2D eigenvalue weighted by molar-refractivity contribution is -0.137. The molecule has 2 aromatic carbocycles. The Morgan fingerprint density at radius 2 is 1.52 bits per heavy atom. The van der Waals surface area contributed by atoms with Crippen molar-refractivity contribution in [2.45, 2.75) is 19.0 Å². The SMILES string of the molecule is O=C([C@@H]1Cc2ccccc2CN1C(=O)c1ccco1)N1CCN(c2ccccc2)CC1. The fourth-order valence-corrected chi connectivity index (χ4v) is 4.53. The van der Waals surface area contributed by atoms with Gasteiger partial charge in [-0.15, -0.1) is 0 Å². The highest BCUT2D eigenvalue weighted by atomic mass is 16.3. The number of hydrogen-bond donors (Lipinski definition) is 0. The number of nitrogens with zero attached hydrogens (tertiary/aromatic N) is 3. The van der Waals surface area contributed by atoms with Gasteiger partial charge in [0, 0.05) is 44.8 Å². The van der Waals surface area contributed by atoms with Gasteiger partial charge >= 0.3 is 0 Å². The van der Waals surface area contributed by atoms with Crippen LogP contribution in [0.4, 0.5) is 5.69 Å². The van der Waals surface area contributed by atoms with Crippen LogP contribution in [0.25, 0.3) is 0 Å². The lowest BCUT2D eigenvalue weighted by atomic mass is 9.92. The molecule has 1 atom stereocenters. The Labute approximate surface area is 181 Å². The molecule has 3 aromatic rings. The van der Waals surface area contributed by atoms with E-state index in [0.717, 1.165) is 24.2 Å². The van der Waals surface area contributed by atoms with Crippen LogP contribution in [0.2, 0.25) is 0 Å². The van der Waals surface area contributed by atoms with Gasteiger partial charge in [-0.2, -0.15) is 0 Å². The third-order valence-electron chi connectivity index (χ3n) is 6.24. The molecule has 0 spiro atoms. The molecule has 5 rings (SSSR count). The molecule has 0 unspecified atom stereocenters. The molecule has 158 valence electrons. The predicted molar refractivity (Wildman–Crippen MR) is 118 cm³/mol. The van der Waals surface area contributed by atoms with Crippen LogP contribution < -0.4 is 4.90 Å². The second kappa shape index (κ2) is 8.30. The Hall–Kier alpha value is -3.54. The van der Waals surface area contributed by atoms with E-state index in [4.69, 9.17) is 4.42 Å². The molecule has 6 nitrogen and oxygen atoms in total. The summed E-state index contributed by atoms with van der Waals surface area (Å²) >= 11 is 0. The molecule has 6 heteroatoms. The van der Waals surface area contributed by atoms with Gasteiger partial charge in [-0.1, -0.05) is 42.5 Å². The molecule has 3 heterocycles. The van der Waals surface area contributed by atoms with Gasteiger partial charge in [0.1, 0.15) is 6.04 Å². The molecule has 2 aliphatic heterocycles. The topological polar surface area (TPSA) is 57.0 Å². The maximum Gasteiger partial charge on any atom is 0.290 e. The average Bonchev–Trinajstić information content (AvgIpc) is 3.38. The molecule has 1 saturated heterocycles. The molecule has 2 amide bonds. The van der Waals surface area contributed by atoms with E-state index in [2.05, 4.69) is 23.1 Å². The molecule has 1 aromatic heterocycles. The van der Waals surface area contributed by atoms with E-state index in [0.29, 0.717) is 26.1 Å². The minimum absolute atomic E-state index is 0.0159. The van der Waals surface area contributed by atoms with Crippen LogP contribution in [0.15, 0.2) is 77.4 Å². The lowest BCUT2D eigenvalue weighted by Crippen LogP contribution is -2.57. The Morgan fingerprint density at radius 3 is 2.23 bits per heavy atom. The first-order valence-corrected chi connectivity index (χ1v) is 10.7. The average molecular weight is 415 g/mol. The quantitative estimate of drug-likeness (QED) is 0.659. The summed E-state index contributed by atoms with van der Waals surface area (Å²) in [4.78, 5) is 32.6. The van der Waals surface area contributed by atoms with Gasteiger partial charge in [-0.05, 0) is 35.4 Å². The number of amides is 2. The van der Waals surface area contributed by atoms with Crippen LogP contribution in [0.5, 0.6) is 0 Å². The van der Waals surface area contributed by atoms with Crippen LogP contribution in [0.3, 0.4) is 0 Å². The number of fused-ring (bicyclic) bond motifs is 1. The Morgan fingerprint density at radius 1 is 0.806 bits per heavy atom. The van der Waals surface area contributed by atoms with Crippen molar-refractivity contribution in [2.75, 3.05) is 31.1 Å². The minimum atomic E-state index is -0.518. The van der Waals surface area contributed by atoms with Crippen LogP contribution in [0, 0.1) is 0 Å². The molecule has 1 fully saturated rings. The summed E-state index contributed by atoms with van der Waals surface area (Å²) in [5.41, 5.74) is 3.39. The van der Waals surface area contributed by atoms with Crippen molar-refractivity contribution < 1.29 is 14.0 Å². The van der Waals surface area contributed by atoms with E-state index in [1.807, 2.05) is 41.3 Å². The van der Waals surface area contributed by atoms with Gasteiger partial charge in [-0.3, -0.25) is 9.59 Å². The van der Waals surface area contributed by atoms with Gasteiger partial charge in [0.05, 0.1) is 6.26 Å². The largest absolute Gasteiger partial charge is 0.459 e. The van der Waals surface area contributed by atoms with E-state index >= 15 is 0 Å². The third kappa shape index (κ3) is 3.81. The molecule has 0 saturated carbocycles. The monoisotopic (exact) mass is 415 g/mol. The highest BCUT2D eigenvalue weighted by Crippen LogP contribution is 2.27. The summed E-state index contributed by atoms with van der Waals surface area (Å²) in [6, 6.07) is 21.1. The van der Waals surface area contributed by atoms with Crippen molar-refractivity contribution in [2.24, 2.45) is 0 Å². The summed E-state index contributed by atoms with van der Waals surface area (Å²) in [6.45, 7) is 3.27. The zero-order valence-electron chi connectivity index (χ0n) is 17.3. The summed E-state index contributed by atoms with van der Waals surface area (Å²) in [6.07, 6.45) is 2.02. The number of piperazine rings is 1. The van der Waals surface area contributed by atoms with Crippen molar-refractivity contribution in [1.82, 2.24) is 9.80 Å². The maximum absolute atomic E-state index is 13.6. The number of hydrogen-bond acceptors (Lipinski definition) is 4. The maximum atomic E-state index is 13.6. The van der Waals surface area contributed by atoms with E-state index in [-0.39, 0.29) is 17.6 Å². The van der Waals surface area contributed by atoms with E-state index in [1.54, 1.807) is 17.0 Å². The Balaban J connectivity index is 1.35. The summed E-state index contributed by atoms with van der Waals surface area (Å²) in [5, 5.41) is 0. The predicted octanol–water partition coefficient (Wildman–Crippen LogP) is 3.20. The van der Waals surface area contributed by atoms with E-state index < -0.39 is 6.04 Å². The first-order valence-electron chi connectivity index (χ1n) is 10.7. The molecule has 31 heavy (non-hydrogen) atoms. The van der Waals surface area contributed by atoms with Gasteiger partial charge in [0.2, 0.25) is 5.91 Å². The summed E-state index contributed by atoms with van der Waals surface area (Å²) in [5.74, 6) is 0.0500. The zero-order valence-corrected chi connectivity index (χ0v) is 17.3. The van der Waals surface area contributed by atoms with E-state index in [1.165, 1.54) is 12.0 Å². The minimum Gasteiger partial charge on any atom is -0.459 e. The first kappa shape index (κ1) is 19.4. The Bertz CT molecular complexity index is 1060. The molecular weight excluding hydrogens is 390 g/mol. The Kier molecular flexibility index (Phi) is 5.20. The van der Waals surface area contributed by atoms with Crippen molar-refractivity contribution in [1.29, 1.82) is 0 Å². The highest BCUT2D eigenvalue weighted by Gasteiger charge is 2.38. The summed E-state index contributed by atoms with van der Waals surface area (Å²) in [7, 11) is 0. The molecule has 0 bridgehead atoms. The second-order valence-electron chi connectivity index (χ2n) is 8.05. The smallest absolute Gasteiger partial charge is 0.290 e. The van der Waals surface area contributed by atoms with Crippen LogP contribution >= 0.6 is 0 Å². The number of para-hydroxylation sites is 1. The second-order valence-corrected chi connectivity index (χ2v) is 8.05. The molecule has 0 aliphatic carbocycles. The van der Waals surface area contributed by atoms with Crippen molar-refractivity contribution in [3.8, 4) is 0 Å². The van der Waals surface area contributed by atoms with Gasteiger partial charge in [0.25, 0.3) is 5.91 Å². The zero-order chi connectivity index (χ0) is 21.2. The normalized spacial score (nSPS) is 18.6. The standard InChI is InChI=1S/C25H25N3O3/c29-24(27-14-12-26(13-15-27)21-9-2-1-3-10-21)22-17-19-7-4-5-8-20(19)18-28(22)25(30)23-11-6-16-31-23/h1-11,16,22H,12-15,17-18H2/t22-/m0/s1. The molecular formula is C25H25N3O3. The molecule has 0 radical (unpaired) electrons. The van der Waals surface area contributed by atoms with Gasteiger partial charge < -0.3 is 19.1 Å². The number of furan rings is 1. The van der Waals surface area contributed by atoms with Gasteiger partial charge in [0.15, 0.2) is 5.76 Å². The number of benzene rings is 2. The van der Waals surface area contributed by atoms with Gasteiger partial charge in [-0.25, -0.2) is 0 Å².